The van der Waals surface area contributed by atoms with Gasteiger partial charge in [-0.3, -0.25) is 0 Å². The fourth-order valence-corrected chi connectivity index (χ4v) is 6.18. The minimum atomic E-state index is -0.251. The Kier molecular flexibility index (Phi) is 3.16. The zero-order chi connectivity index (χ0) is 20.7. The van der Waals surface area contributed by atoms with Crippen LogP contribution in [0.2, 0.25) is 0 Å². The van der Waals surface area contributed by atoms with Crippen molar-refractivity contribution in [3.05, 3.63) is 130 Å². The van der Waals surface area contributed by atoms with Crippen LogP contribution in [-0.2, 0) is 5.41 Å². The molecule has 5 aromatic rings. The minimum absolute atomic E-state index is 0.251. The van der Waals surface area contributed by atoms with E-state index < -0.39 is 0 Å². The lowest BCUT2D eigenvalue weighted by Gasteiger charge is -2.31. The molecule has 7 rings (SSSR count). The molecule has 2 aliphatic rings. The Morgan fingerprint density at radius 2 is 1.13 bits per heavy atom. The van der Waals surface area contributed by atoms with Gasteiger partial charge in [-0.05, 0) is 69.1 Å². The lowest BCUT2D eigenvalue weighted by atomic mass is 9.70. The van der Waals surface area contributed by atoms with Crippen LogP contribution < -0.4 is 0 Å². The largest absolute Gasteiger partial charge is 0.0725 e. The number of rotatable bonds is 0. The normalized spacial score (nSPS) is 17.5. The van der Waals surface area contributed by atoms with Crippen molar-refractivity contribution in [2.45, 2.75) is 19.3 Å². The molecule has 0 radical (unpaired) electrons. The van der Waals surface area contributed by atoms with Gasteiger partial charge in [-0.25, -0.2) is 0 Å². The van der Waals surface area contributed by atoms with Crippen LogP contribution in [0.3, 0.4) is 0 Å². The predicted molar refractivity (Wildman–Crippen MR) is 130 cm³/mol. The maximum absolute atomic E-state index is 2.43. The van der Waals surface area contributed by atoms with E-state index in [1.165, 1.54) is 66.4 Å². The summed E-state index contributed by atoms with van der Waals surface area (Å²) < 4.78 is 0. The van der Waals surface area contributed by atoms with E-state index in [1.807, 2.05) is 0 Å². The number of hydrogen-bond donors (Lipinski definition) is 0. The SMILES string of the molecule is Cc1ccc2c(c1)C1(c3ccccc3-2)c2cc(C)ccc2-c2c1ccc1ccccc21. The average Bonchev–Trinajstić information content (AvgIpc) is 3.25. The summed E-state index contributed by atoms with van der Waals surface area (Å²) in [4.78, 5) is 0. The number of fused-ring (bicyclic) bond motifs is 12. The molecule has 146 valence electrons. The molecule has 0 bridgehead atoms. The molecule has 0 N–H and O–H groups in total. The molecular weight excluding hydrogens is 372 g/mol. The highest BCUT2D eigenvalue weighted by Crippen LogP contribution is 2.63. The van der Waals surface area contributed by atoms with Gasteiger partial charge in [-0.1, -0.05) is 108 Å². The standard InChI is InChI=1S/C31H22/c1-19-11-14-24-23-9-5-6-10-26(23)31(28(24)17-19)27-16-13-21-7-3-4-8-22(21)30(27)25-15-12-20(2)18-29(25)31/h3-18H,1-2H3. The first-order valence-corrected chi connectivity index (χ1v) is 11.0. The summed E-state index contributed by atoms with van der Waals surface area (Å²) in [5.41, 5.74) is 13.6. The van der Waals surface area contributed by atoms with Crippen LogP contribution in [-0.4, -0.2) is 0 Å². The van der Waals surface area contributed by atoms with Crippen LogP contribution in [0.1, 0.15) is 33.4 Å². The van der Waals surface area contributed by atoms with Crippen molar-refractivity contribution in [3.63, 3.8) is 0 Å². The van der Waals surface area contributed by atoms with Crippen LogP contribution >= 0.6 is 0 Å². The zero-order valence-electron chi connectivity index (χ0n) is 17.7. The lowest BCUT2D eigenvalue weighted by Crippen LogP contribution is -2.26. The van der Waals surface area contributed by atoms with Crippen LogP contribution in [0.4, 0.5) is 0 Å². The van der Waals surface area contributed by atoms with Gasteiger partial charge >= 0.3 is 0 Å². The fraction of sp³-hybridized carbons (Fsp3) is 0.0968. The van der Waals surface area contributed by atoms with Gasteiger partial charge < -0.3 is 0 Å². The third kappa shape index (κ3) is 1.96. The summed E-state index contributed by atoms with van der Waals surface area (Å²) in [5, 5.41) is 2.65. The second kappa shape index (κ2) is 5.74. The Morgan fingerprint density at radius 3 is 1.97 bits per heavy atom. The van der Waals surface area contributed by atoms with Gasteiger partial charge in [0.05, 0.1) is 5.41 Å². The van der Waals surface area contributed by atoms with Crippen molar-refractivity contribution >= 4 is 10.8 Å². The Morgan fingerprint density at radius 1 is 0.484 bits per heavy atom. The van der Waals surface area contributed by atoms with Crippen LogP contribution in [0, 0.1) is 13.8 Å². The van der Waals surface area contributed by atoms with Gasteiger partial charge in [-0.15, -0.1) is 0 Å². The van der Waals surface area contributed by atoms with Crippen molar-refractivity contribution < 1.29 is 0 Å². The molecule has 0 saturated carbocycles. The van der Waals surface area contributed by atoms with Crippen LogP contribution in [0.5, 0.6) is 0 Å². The molecule has 0 aliphatic heterocycles. The quantitative estimate of drug-likeness (QED) is 0.246. The van der Waals surface area contributed by atoms with Crippen molar-refractivity contribution in [2.24, 2.45) is 0 Å². The number of benzene rings is 5. The Hall–Kier alpha value is -3.64. The minimum Gasteiger partial charge on any atom is -0.0619 e. The van der Waals surface area contributed by atoms with Crippen molar-refractivity contribution in [1.82, 2.24) is 0 Å². The molecule has 0 fully saturated rings. The molecule has 0 heterocycles. The third-order valence-corrected chi connectivity index (χ3v) is 7.38. The maximum Gasteiger partial charge on any atom is 0.0725 e. The molecular formula is C31H22. The monoisotopic (exact) mass is 394 g/mol. The molecule has 2 aliphatic carbocycles. The Bertz CT molecular complexity index is 1550. The smallest absolute Gasteiger partial charge is 0.0619 e. The molecule has 0 heteroatoms. The first-order chi connectivity index (χ1) is 15.2. The van der Waals surface area contributed by atoms with Crippen molar-refractivity contribution in [1.29, 1.82) is 0 Å². The third-order valence-electron chi connectivity index (χ3n) is 7.38. The van der Waals surface area contributed by atoms with E-state index in [2.05, 4.69) is 111 Å². The zero-order valence-corrected chi connectivity index (χ0v) is 17.7. The second-order valence-electron chi connectivity index (χ2n) is 9.10. The highest BCUT2D eigenvalue weighted by Gasteiger charge is 2.51. The second-order valence-corrected chi connectivity index (χ2v) is 9.10. The van der Waals surface area contributed by atoms with E-state index in [1.54, 1.807) is 0 Å². The number of hydrogen-bond acceptors (Lipinski definition) is 0. The lowest BCUT2D eigenvalue weighted by molar-refractivity contribution is 0.792. The van der Waals surface area contributed by atoms with E-state index >= 15 is 0 Å². The average molecular weight is 395 g/mol. The van der Waals surface area contributed by atoms with E-state index in [-0.39, 0.29) is 5.41 Å². The molecule has 0 nitrogen and oxygen atoms in total. The number of aryl methyl sites for hydroxylation is 2. The highest BCUT2D eigenvalue weighted by molar-refractivity contribution is 6.06. The molecule has 0 amide bonds. The van der Waals surface area contributed by atoms with Crippen molar-refractivity contribution in [2.75, 3.05) is 0 Å². The maximum atomic E-state index is 2.43. The molecule has 1 atom stereocenters. The molecule has 1 unspecified atom stereocenters. The predicted octanol–water partition coefficient (Wildman–Crippen LogP) is 7.80. The van der Waals surface area contributed by atoms with Crippen molar-refractivity contribution in [3.8, 4) is 22.3 Å². The van der Waals surface area contributed by atoms with Gasteiger partial charge in [0.1, 0.15) is 0 Å². The van der Waals surface area contributed by atoms with Gasteiger partial charge in [0, 0.05) is 0 Å². The fourth-order valence-electron chi connectivity index (χ4n) is 6.18. The molecule has 1 spiro atoms. The van der Waals surface area contributed by atoms with Crippen LogP contribution in [0.15, 0.2) is 97.1 Å². The summed E-state index contributed by atoms with van der Waals surface area (Å²) in [6.45, 7) is 4.43. The molecule has 0 saturated heterocycles. The Balaban J connectivity index is 1.76. The van der Waals surface area contributed by atoms with Gasteiger partial charge in [0.2, 0.25) is 0 Å². The van der Waals surface area contributed by atoms with Gasteiger partial charge in [0.15, 0.2) is 0 Å². The molecule has 0 aromatic heterocycles. The topological polar surface area (TPSA) is 0 Å². The molecule has 5 aromatic carbocycles. The highest BCUT2D eigenvalue weighted by atomic mass is 14.5. The van der Waals surface area contributed by atoms with Crippen LogP contribution in [0.25, 0.3) is 33.0 Å². The van der Waals surface area contributed by atoms with Gasteiger partial charge in [-0.2, -0.15) is 0 Å². The van der Waals surface area contributed by atoms with E-state index in [0.717, 1.165) is 0 Å². The van der Waals surface area contributed by atoms with E-state index in [4.69, 9.17) is 0 Å². The van der Waals surface area contributed by atoms with E-state index in [9.17, 15) is 0 Å². The summed E-state index contributed by atoms with van der Waals surface area (Å²) in [5.74, 6) is 0. The first kappa shape index (κ1) is 17.1. The summed E-state index contributed by atoms with van der Waals surface area (Å²) in [6.07, 6.45) is 0. The Labute approximate surface area is 182 Å². The summed E-state index contributed by atoms with van der Waals surface area (Å²) in [7, 11) is 0. The first-order valence-electron chi connectivity index (χ1n) is 11.0. The van der Waals surface area contributed by atoms with E-state index in [0.29, 0.717) is 0 Å². The summed E-state index contributed by atoms with van der Waals surface area (Å²) >= 11 is 0. The summed E-state index contributed by atoms with van der Waals surface area (Å²) in [6, 6.07) is 36.6. The molecule has 31 heavy (non-hydrogen) atoms. The van der Waals surface area contributed by atoms with Gasteiger partial charge in [0.25, 0.3) is 0 Å².